The van der Waals surface area contributed by atoms with Crippen molar-refractivity contribution in [2.45, 2.75) is 26.2 Å². The summed E-state index contributed by atoms with van der Waals surface area (Å²) >= 11 is 0. The zero-order valence-electron chi connectivity index (χ0n) is 17.5. The maximum Gasteiger partial charge on any atom is 0.233 e. The highest BCUT2D eigenvalue weighted by Crippen LogP contribution is 2.52. The maximum absolute atomic E-state index is 12.7. The van der Waals surface area contributed by atoms with Crippen molar-refractivity contribution in [1.29, 1.82) is 0 Å². The van der Waals surface area contributed by atoms with Crippen molar-refractivity contribution in [3.63, 3.8) is 0 Å². The summed E-state index contributed by atoms with van der Waals surface area (Å²) in [4.78, 5) is 31.4. The fourth-order valence-electron chi connectivity index (χ4n) is 5.14. The minimum atomic E-state index is -3.03. The Morgan fingerprint density at radius 2 is 1.77 bits per heavy atom. The number of hydrogen-bond acceptors (Lipinski definition) is 5. The normalized spacial score (nSPS) is 31.0. The van der Waals surface area contributed by atoms with E-state index in [2.05, 4.69) is 27.8 Å². The van der Waals surface area contributed by atoms with E-state index in [4.69, 9.17) is 0 Å². The maximum atomic E-state index is 12.7. The molecule has 2 N–H and O–H groups in total. The van der Waals surface area contributed by atoms with E-state index in [1.54, 1.807) is 0 Å². The number of carbonyl (C=O) groups excluding carboxylic acids is 2. The summed E-state index contributed by atoms with van der Waals surface area (Å²) in [6.45, 7) is 3.83. The van der Waals surface area contributed by atoms with Crippen molar-refractivity contribution in [3.8, 4) is 0 Å². The highest BCUT2D eigenvalue weighted by Gasteiger charge is 2.58. The molecule has 1 aliphatic heterocycles. The van der Waals surface area contributed by atoms with Gasteiger partial charge in [-0.3, -0.25) is 19.5 Å². The molecule has 2 amide bonds. The van der Waals surface area contributed by atoms with Gasteiger partial charge in [0.25, 0.3) is 0 Å². The first-order valence-electron chi connectivity index (χ1n) is 10.5. The lowest BCUT2D eigenvalue weighted by Crippen LogP contribution is -2.44. The zero-order valence-corrected chi connectivity index (χ0v) is 20.6. The van der Waals surface area contributed by atoms with Gasteiger partial charge >= 0.3 is 0 Å². The topological polar surface area (TPSA) is 108 Å². The van der Waals surface area contributed by atoms with Gasteiger partial charge in [-0.25, -0.2) is 8.42 Å². The van der Waals surface area contributed by atoms with Crippen molar-refractivity contribution in [2.75, 3.05) is 38.2 Å². The molecule has 3 aliphatic carbocycles. The van der Waals surface area contributed by atoms with Crippen LogP contribution in [0.5, 0.6) is 0 Å². The van der Waals surface area contributed by atoms with E-state index in [-0.39, 0.29) is 70.6 Å². The van der Waals surface area contributed by atoms with Crippen LogP contribution in [0.1, 0.15) is 26.2 Å². The summed E-state index contributed by atoms with van der Waals surface area (Å²) in [5.74, 6) is 0.810. The average Bonchev–Trinajstić information content (AvgIpc) is 3.00. The third-order valence-corrected chi connectivity index (χ3v) is 7.77. The second kappa shape index (κ2) is 8.76. The summed E-state index contributed by atoms with van der Waals surface area (Å²) in [5.41, 5.74) is -0.236. The van der Waals surface area contributed by atoms with Gasteiger partial charge in [0.2, 0.25) is 11.8 Å². The second-order valence-corrected chi connectivity index (χ2v) is 11.2. The van der Waals surface area contributed by atoms with Gasteiger partial charge in [-0.2, -0.15) is 0 Å². The molecule has 4 aliphatic rings. The number of amides is 2. The molecule has 168 valence electrons. The van der Waals surface area contributed by atoms with Crippen LogP contribution in [0.3, 0.4) is 0 Å². The lowest BCUT2D eigenvalue weighted by atomic mass is 9.85. The Labute approximate surface area is 195 Å². The first kappa shape index (κ1) is 23.5. The van der Waals surface area contributed by atoms with Crippen molar-refractivity contribution in [2.24, 2.45) is 34.1 Å². The molecule has 8 nitrogen and oxygen atoms in total. The van der Waals surface area contributed by atoms with Crippen LogP contribution >= 0.6 is 24.0 Å². The Hall–Kier alpha value is -1.17. The van der Waals surface area contributed by atoms with Crippen LogP contribution in [0.25, 0.3) is 0 Å². The molecule has 0 aromatic rings. The van der Waals surface area contributed by atoms with Crippen LogP contribution in [0, 0.1) is 29.1 Å². The van der Waals surface area contributed by atoms with Crippen molar-refractivity contribution < 1.29 is 18.0 Å². The number of fused-ring (bicyclic) bond motifs is 5. The first-order valence-corrected chi connectivity index (χ1v) is 12.5. The number of carbonyl (C=O) groups is 2. The Kier molecular flexibility index (Phi) is 6.86. The summed E-state index contributed by atoms with van der Waals surface area (Å²) in [5, 5.41) is 6.33. The molecule has 30 heavy (non-hydrogen) atoms. The molecule has 0 radical (unpaired) electrons. The molecule has 3 fully saturated rings. The number of imide groups is 1. The van der Waals surface area contributed by atoms with E-state index in [9.17, 15) is 18.0 Å². The summed E-state index contributed by atoms with van der Waals surface area (Å²) < 4.78 is 23.2. The summed E-state index contributed by atoms with van der Waals surface area (Å²) in [7, 11) is -3.03. The SMILES string of the molecule is CCNC(=NCC1(CS(C)(=O)=O)CC1)NCCN1C(=O)C2C3C=CC(C3)C2C1=O.I. The largest absolute Gasteiger partial charge is 0.357 e. The molecular weight excluding hydrogens is 519 g/mol. The van der Waals surface area contributed by atoms with Gasteiger partial charge in [-0.05, 0) is 38.0 Å². The van der Waals surface area contributed by atoms with Gasteiger partial charge in [0.05, 0.1) is 17.6 Å². The highest BCUT2D eigenvalue weighted by molar-refractivity contribution is 14.0. The van der Waals surface area contributed by atoms with E-state index in [1.807, 2.05) is 6.92 Å². The number of nitrogens with one attached hydrogen (secondary N) is 2. The van der Waals surface area contributed by atoms with Crippen molar-refractivity contribution in [1.82, 2.24) is 15.5 Å². The predicted octanol–water partition coefficient (Wildman–Crippen LogP) is 0.791. The average molecular weight is 550 g/mol. The standard InChI is InChI=1S/C20H30N4O4S.HI/c1-3-21-19(23-11-20(6-7-20)12-29(2,27)28)22-8-9-24-17(25)15-13-4-5-14(10-13)16(15)18(24)26;/h4-5,13-16H,3,6-12H2,1-2H3,(H2,21,22,23);1H. The van der Waals surface area contributed by atoms with Gasteiger partial charge < -0.3 is 10.6 Å². The van der Waals surface area contributed by atoms with Gasteiger partial charge in [-0.15, -0.1) is 24.0 Å². The minimum absolute atomic E-state index is 0. The molecule has 2 saturated carbocycles. The molecule has 1 heterocycles. The van der Waals surface area contributed by atoms with Crippen LogP contribution in [0.15, 0.2) is 17.1 Å². The number of rotatable bonds is 8. The van der Waals surface area contributed by atoms with Crippen LogP contribution in [-0.4, -0.2) is 69.3 Å². The fraction of sp³-hybridized carbons (Fsp3) is 0.750. The molecule has 0 spiro atoms. The number of hydrogen-bond donors (Lipinski definition) is 2. The van der Waals surface area contributed by atoms with E-state index in [0.717, 1.165) is 19.3 Å². The second-order valence-electron chi connectivity index (χ2n) is 9.02. The Bertz CT molecular complexity index is 838. The molecule has 10 heteroatoms. The van der Waals surface area contributed by atoms with Gasteiger partial charge in [-0.1, -0.05) is 12.2 Å². The van der Waals surface area contributed by atoms with Crippen LogP contribution in [0.2, 0.25) is 0 Å². The van der Waals surface area contributed by atoms with Gasteiger partial charge in [0.1, 0.15) is 9.84 Å². The molecule has 0 aromatic carbocycles. The Balaban J connectivity index is 0.00000256. The molecular formula is C20H31IN4O4S. The first-order chi connectivity index (χ1) is 13.7. The number of likely N-dealkylation sites (tertiary alicyclic amines) is 1. The third kappa shape index (κ3) is 4.68. The number of guanidine groups is 1. The third-order valence-electron chi connectivity index (χ3n) is 6.63. The molecule has 4 rings (SSSR count). The Morgan fingerprint density at radius 1 is 1.17 bits per heavy atom. The number of aliphatic imine (C=N–C) groups is 1. The molecule has 4 atom stereocenters. The number of halogens is 1. The van der Waals surface area contributed by atoms with E-state index < -0.39 is 9.84 Å². The van der Waals surface area contributed by atoms with Crippen LogP contribution in [-0.2, 0) is 19.4 Å². The minimum Gasteiger partial charge on any atom is -0.357 e. The van der Waals surface area contributed by atoms with Gasteiger partial charge in [0, 0.05) is 37.8 Å². The van der Waals surface area contributed by atoms with Gasteiger partial charge in [0.15, 0.2) is 5.96 Å². The van der Waals surface area contributed by atoms with Crippen molar-refractivity contribution in [3.05, 3.63) is 12.2 Å². The van der Waals surface area contributed by atoms with Crippen molar-refractivity contribution >= 4 is 51.6 Å². The van der Waals surface area contributed by atoms with E-state index >= 15 is 0 Å². The number of sulfone groups is 1. The zero-order chi connectivity index (χ0) is 20.8. The summed E-state index contributed by atoms with van der Waals surface area (Å²) in [6.07, 6.45) is 8.14. The predicted molar refractivity (Wildman–Crippen MR) is 125 cm³/mol. The number of allylic oxidation sites excluding steroid dienone is 2. The van der Waals surface area contributed by atoms with Crippen LogP contribution in [0.4, 0.5) is 0 Å². The summed E-state index contributed by atoms with van der Waals surface area (Å²) in [6, 6.07) is 0. The fourth-order valence-corrected chi connectivity index (χ4v) is 6.63. The monoisotopic (exact) mass is 550 g/mol. The molecule has 1 saturated heterocycles. The lowest BCUT2D eigenvalue weighted by molar-refractivity contribution is -0.140. The van der Waals surface area contributed by atoms with E-state index in [1.165, 1.54) is 11.2 Å². The quantitative estimate of drug-likeness (QED) is 0.152. The Morgan fingerprint density at radius 3 is 2.27 bits per heavy atom. The molecule has 4 unspecified atom stereocenters. The highest BCUT2D eigenvalue weighted by atomic mass is 127. The number of nitrogens with zero attached hydrogens (tertiary/aromatic N) is 2. The van der Waals surface area contributed by atoms with Crippen LogP contribution < -0.4 is 10.6 Å². The smallest absolute Gasteiger partial charge is 0.233 e. The molecule has 0 aromatic heterocycles. The van der Waals surface area contributed by atoms with E-state index in [0.29, 0.717) is 32.1 Å². The lowest BCUT2D eigenvalue weighted by Gasteiger charge is -2.19. The molecule has 2 bridgehead atoms.